The Morgan fingerprint density at radius 3 is 2.91 bits per heavy atom. The first-order valence-corrected chi connectivity index (χ1v) is 9.20. The highest BCUT2D eigenvalue weighted by Crippen LogP contribution is 2.21. The Hall–Kier alpha value is -1.50. The average Bonchev–Trinajstić information content (AvgIpc) is 3.24. The monoisotopic (exact) mass is 332 g/mol. The number of amides is 1. The number of nitrogens with one attached hydrogen (secondary N) is 1. The van der Waals surface area contributed by atoms with Gasteiger partial charge in [-0.05, 0) is 25.0 Å². The topological polar surface area (TPSA) is 46.9 Å². The van der Waals surface area contributed by atoms with Crippen LogP contribution in [-0.4, -0.2) is 54.7 Å². The number of piperazine rings is 1. The molecule has 2 saturated heterocycles. The predicted octanol–water partition coefficient (Wildman–Crippen LogP) is 0.702. The molecule has 0 saturated carbocycles. The number of para-hydroxylation sites is 1. The number of carbonyl (C=O) groups excluding carboxylic acids is 1. The van der Waals surface area contributed by atoms with Crippen LogP contribution in [0.15, 0.2) is 24.3 Å². The molecular weight excluding hydrogens is 310 g/mol. The van der Waals surface area contributed by atoms with E-state index < -0.39 is 0 Å². The second kappa shape index (κ2) is 6.55. The van der Waals surface area contributed by atoms with E-state index in [0.717, 1.165) is 57.7 Å². The Morgan fingerprint density at radius 1 is 1.35 bits per heavy atom. The first-order valence-electron chi connectivity index (χ1n) is 8.38. The summed E-state index contributed by atoms with van der Waals surface area (Å²) in [5.74, 6) is 0.196. The third kappa shape index (κ3) is 3.24. The van der Waals surface area contributed by atoms with E-state index in [0.29, 0.717) is 0 Å². The van der Waals surface area contributed by atoms with Crippen LogP contribution in [0.25, 0.3) is 10.2 Å². The third-order valence-corrected chi connectivity index (χ3v) is 5.76. The Kier molecular flexibility index (Phi) is 4.29. The van der Waals surface area contributed by atoms with Gasteiger partial charge in [-0.25, -0.2) is 4.98 Å². The van der Waals surface area contributed by atoms with E-state index in [9.17, 15) is 4.79 Å². The van der Waals surface area contributed by atoms with E-state index in [-0.39, 0.29) is 12.0 Å². The molecule has 2 aliphatic rings. The molecule has 0 bridgehead atoms. The van der Waals surface area contributed by atoms with Gasteiger partial charge in [0.1, 0.15) is 17.7 Å². The molecule has 2 fully saturated rings. The lowest BCUT2D eigenvalue weighted by Gasteiger charge is -2.33. The molecule has 2 aliphatic heterocycles. The van der Waals surface area contributed by atoms with Crippen LogP contribution in [-0.2, 0) is 16.1 Å². The largest absolute Gasteiger partial charge is 0.368 e. The number of carbonyl (C=O) groups is 1. The fourth-order valence-corrected chi connectivity index (χ4v) is 4.44. The maximum absolute atomic E-state index is 12.4. The van der Waals surface area contributed by atoms with E-state index in [1.54, 1.807) is 11.3 Å². The highest BCUT2D eigenvalue weighted by atomic mass is 32.1. The van der Waals surface area contributed by atoms with Crippen molar-refractivity contribution < 1.29 is 14.4 Å². The zero-order valence-corrected chi connectivity index (χ0v) is 14.0. The van der Waals surface area contributed by atoms with Crippen molar-refractivity contribution in [2.75, 3.05) is 32.8 Å². The Morgan fingerprint density at radius 2 is 2.17 bits per heavy atom. The quantitative estimate of drug-likeness (QED) is 0.900. The smallest absolute Gasteiger partial charge is 0.252 e. The predicted molar refractivity (Wildman–Crippen MR) is 89.6 cm³/mol. The van der Waals surface area contributed by atoms with Crippen LogP contribution >= 0.6 is 11.3 Å². The molecule has 4 rings (SSSR count). The molecular formula is C17H22N3O2S+. The minimum absolute atomic E-state index is 0.180. The SMILES string of the molecule is O=C([C@@H]1CCCO1)N1CC[NH+](Cc2nc3ccccc3s2)CC1. The summed E-state index contributed by atoms with van der Waals surface area (Å²) in [5.41, 5.74) is 1.10. The lowest BCUT2D eigenvalue weighted by molar-refractivity contribution is -0.917. The van der Waals surface area contributed by atoms with Gasteiger partial charge in [0.15, 0.2) is 0 Å². The molecule has 1 aromatic heterocycles. The number of ether oxygens (including phenoxy) is 1. The fourth-order valence-electron chi connectivity index (χ4n) is 3.41. The Labute approximate surface area is 139 Å². The number of rotatable bonds is 3. The van der Waals surface area contributed by atoms with E-state index in [2.05, 4.69) is 18.2 Å². The summed E-state index contributed by atoms with van der Waals surface area (Å²) in [4.78, 5) is 20.6. The Bertz CT molecular complexity index is 655. The number of quaternary nitrogens is 1. The number of nitrogens with zero attached hydrogens (tertiary/aromatic N) is 2. The summed E-state index contributed by atoms with van der Waals surface area (Å²) in [6, 6.07) is 8.30. The van der Waals surface area contributed by atoms with Crippen molar-refractivity contribution in [1.82, 2.24) is 9.88 Å². The molecule has 1 aromatic carbocycles. The van der Waals surface area contributed by atoms with Gasteiger partial charge in [0.05, 0.1) is 36.4 Å². The maximum atomic E-state index is 12.4. The zero-order chi connectivity index (χ0) is 15.6. The summed E-state index contributed by atoms with van der Waals surface area (Å²) in [5, 5.41) is 1.19. The van der Waals surface area contributed by atoms with Crippen molar-refractivity contribution in [2.45, 2.75) is 25.5 Å². The van der Waals surface area contributed by atoms with Crippen molar-refractivity contribution in [3.05, 3.63) is 29.3 Å². The molecule has 5 nitrogen and oxygen atoms in total. The molecule has 0 aliphatic carbocycles. The first kappa shape index (κ1) is 15.1. The van der Waals surface area contributed by atoms with E-state index in [4.69, 9.17) is 9.72 Å². The standard InChI is InChI=1S/C17H21N3O2S/c21-17(14-5-3-11-22-14)20-9-7-19(8-10-20)12-16-18-13-4-1-2-6-15(13)23-16/h1-2,4,6,14H,3,5,7-12H2/p+1/t14-/m0/s1. The molecule has 0 radical (unpaired) electrons. The molecule has 6 heteroatoms. The van der Waals surface area contributed by atoms with Crippen LogP contribution < -0.4 is 4.90 Å². The molecule has 2 aromatic rings. The number of aromatic nitrogens is 1. The highest BCUT2D eigenvalue weighted by molar-refractivity contribution is 7.18. The van der Waals surface area contributed by atoms with Crippen molar-refractivity contribution in [3.8, 4) is 0 Å². The van der Waals surface area contributed by atoms with Crippen LogP contribution in [0.1, 0.15) is 17.8 Å². The van der Waals surface area contributed by atoms with Gasteiger partial charge in [0, 0.05) is 6.61 Å². The van der Waals surface area contributed by atoms with E-state index >= 15 is 0 Å². The summed E-state index contributed by atoms with van der Waals surface area (Å²) in [6.45, 7) is 5.35. The number of benzene rings is 1. The number of hydrogen-bond acceptors (Lipinski definition) is 4. The van der Waals surface area contributed by atoms with Gasteiger partial charge in [-0.3, -0.25) is 4.79 Å². The average molecular weight is 332 g/mol. The third-order valence-electron chi connectivity index (χ3n) is 4.73. The van der Waals surface area contributed by atoms with E-state index in [1.807, 2.05) is 11.0 Å². The molecule has 0 spiro atoms. The van der Waals surface area contributed by atoms with Crippen LogP contribution in [0.5, 0.6) is 0 Å². The van der Waals surface area contributed by atoms with Crippen LogP contribution in [0, 0.1) is 0 Å². The highest BCUT2D eigenvalue weighted by Gasteiger charge is 2.31. The van der Waals surface area contributed by atoms with E-state index in [1.165, 1.54) is 14.6 Å². The van der Waals surface area contributed by atoms with Gasteiger partial charge in [-0.1, -0.05) is 12.1 Å². The lowest BCUT2D eigenvalue weighted by Crippen LogP contribution is -3.13. The number of hydrogen-bond donors (Lipinski definition) is 1. The molecule has 23 heavy (non-hydrogen) atoms. The fraction of sp³-hybridized carbons (Fsp3) is 0.529. The van der Waals surface area contributed by atoms with Gasteiger partial charge in [0.2, 0.25) is 0 Å². The maximum Gasteiger partial charge on any atom is 0.252 e. The van der Waals surface area contributed by atoms with Crippen molar-refractivity contribution in [2.24, 2.45) is 0 Å². The number of thiazole rings is 1. The molecule has 122 valence electrons. The minimum atomic E-state index is -0.180. The van der Waals surface area contributed by atoms with Crippen molar-refractivity contribution in [1.29, 1.82) is 0 Å². The molecule has 3 heterocycles. The summed E-state index contributed by atoms with van der Waals surface area (Å²) in [7, 11) is 0. The second-order valence-corrected chi connectivity index (χ2v) is 7.44. The summed E-state index contributed by atoms with van der Waals surface area (Å²) >= 11 is 1.79. The molecule has 0 unspecified atom stereocenters. The zero-order valence-electron chi connectivity index (χ0n) is 13.2. The lowest BCUT2D eigenvalue weighted by atomic mass is 10.2. The molecule has 1 N–H and O–H groups in total. The molecule has 1 atom stereocenters. The van der Waals surface area contributed by atoms with Gasteiger partial charge >= 0.3 is 0 Å². The van der Waals surface area contributed by atoms with Crippen LogP contribution in [0.2, 0.25) is 0 Å². The van der Waals surface area contributed by atoms with Crippen molar-refractivity contribution >= 4 is 27.5 Å². The normalized spacial score (nSPS) is 22.8. The number of fused-ring (bicyclic) bond motifs is 1. The summed E-state index contributed by atoms with van der Waals surface area (Å²) < 4.78 is 6.78. The van der Waals surface area contributed by atoms with Crippen LogP contribution in [0.4, 0.5) is 0 Å². The van der Waals surface area contributed by atoms with Gasteiger partial charge < -0.3 is 14.5 Å². The van der Waals surface area contributed by atoms with Gasteiger partial charge in [-0.2, -0.15) is 0 Å². The van der Waals surface area contributed by atoms with Crippen LogP contribution in [0.3, 0.4) is 0 Å². The second-order valence-electron chi connectivity index (χ2n) is 6.33. The van der Waals surface area contributed by atoms with Gasteiger partial charge in [0.25, 0.3) is 5.91 Å². The van der Waals surface area contributed by atoms with Crippen molar-refractivity contribution in [3.63, 3.8) is 0 Å². The van der Waals surface area contributed by atoms with Gasteiger partial charge in [-0.15, -0.1) is 11.3 Å². The first-order chi connectivity index (χ1) is 11.3. The molecule has 1 amide bonds. The Balaban J connectivity index is 1.33. The minimum Gasteiger partial charge on any atom is -0.368 e. The summed E-state index contributed by atoms with van der Waals surface area (Å²) in [6.07, 6.45) is 1.72.